The molecule has 6 nitrogen and oxygen atoms in total. The topological polar surface area (TPSA) is 95.9 Å². The number of benzene rings is 1. The highest BCUT2D eigenvalue weighted by Gasteiger charge is 2.29. The van der Waals surface area contributed by atoms with Crippen LogP contribution in [0.5, 0.6) is 11.5 Å². The Morgan fingerprint density at radius 2 is 1.95 bits per heavy atom. The minimum Gasteiger partial charge on any atom is -0.504 e. The number of hydrogen-bond acceptors (Lipinski definition) is 4. The quantitative estimate of drug-likeness (QED) is 0.557. The number of nitrogens with one attached hydrogen (secondary N) is 1. The Labute approximate surface area is 111 Å². The number of aliphatic carboxylic acids is 1. The summed E-state index contributed by atoms with van der Waals surface area (Å²) in [5.41, 5.74) is 0.367. The van der Waals surface area contributed by atoms with Crippen LogP contribution >= 0.6 is 0 Å². The molecule has 1 aromatic rings. The van der Waals surface area contributed by atoms with Crippen LogP contribution in [0.15, 0.2) is 18.2 Å². The van der Waals surface area contributed by atoms with Crippen molar-refractivity contribution in [3.63, 3.8) is 0 Å². The van der Waals surface area contributed by atoms with Gasteiger partial charge in [0, 0.05) is 11.8 Å². The number of carbonyl (C=O) groups excluding carboxylic acids is 1. The summed E-state index contributed by atoms with van der Waals surface area (Å²) in [6, 6.07) is 4.25. The van der Waals surface area contributed by atoms with Gasteiger partial charge in [-0.2, -0.15) is 0 Å². The molecule has 0 aromatic heterocycles. The van der Waals surface area contributed by atoms with Crippen LogP contribution in [0.3, 0.4) is 0 Å². The summed E-state index contributed by atoms with van der Waals surface area (Å²) in [6.07, 6.45) is 0. The number of carbonyl (C=O) groups is 2. The Morgan fingerprint density at radius 3 is 2.42 bits per heavy atom. The van der Waals surface area contributed by atoms with Crippen molar-refractivity contribution >= 4 is 17.6 Å². The number of aromatic hydroxyl groups is 1. The lowest BCUT2D eigenvalue weighted by Gasteiger charge is -2.16. The molecular formula is C13H17NO5. The monoisotopic (exact) mass is 267 g/mol. The molecular weight excluding hydrogens is 250 g/mol. The molecule has 0 aliphatic carbocycles. The molecule has 1 atom stereocenters. The molecule has 6 heteroatoms. The van der Waals surface area contributed by atoms with E-state index in [1.807, 2.05) is 0 Å². The number of carboxylic acid groups (broad SMARTS) is 1. The van der Waals surface area contributed by atoms with Gasteiger partial charge in [-0.3, -0.25) is 9.59 Å². The molecule has 0 heterocycles. The average Bonchev–Trinajstić information content (AvgIpc) is 2.30. The van der Waals surface area contributed by atoms with Crippen LogP contribution in [0.25, 0.3) is 0 Å². The Kier molecular flexibility index (Phi) is 4.74. The van der Waals surface area contributed by atoms with Gasteiger partial charge in [0.1, 0.15) is 5.92 Å². The first-order valence-electron chi connectivity index (χ1n) is 5.77. The molecule has 1 aromatic carbocycles. The molecule has 0 fully saturated rings. The second-order valence-corrected chi connectivity index (χ2v) is 4.44. The van der Waals surface area contributed by atoms with Gasteiger partial charge in [0.2, 0.25) is 5.91 Å². The molecule has 0 saturated carbocycles. The van der Waals surface area contributed by atoms with Crippen LogP contribution in [0.1, 0.15) is 13.8 Å². The summed E-state index contributed by atoms with van der Waals surface area (Å²) in [5.74, 6) is -3.07. The van der Waals surface area contributed by atoms with Gasteiger partial charge >= 0.3 is 5.97 Å². The highest BCUT2D eigenvalue weighted by Crippen LogP contribution is 2.29. The first-order valence-corrected chi connectivity index (χ1v) is 5.77. The van der Waals surface area contributed by atoms with Gasteiger partial charge in [-0.1, -0.05) is 13.8 Å². The molecule has 104 valence electrons. The molecule has 0 saturated heterocycles. The van der Waals surface area contributed by atoms with Crippen LogP contribution in [-0.2, 0) is 9.59 Å². The van der Waals surface area contributed by atoms with Gasteiger partial charge in [-0.15, -0.1) is 0 Å². The second-order valence-electron chi connectivity index (χ2n) is 4.44. The molecule has 0 radical (unpaired) electrons. The van der Waals surface area contributed by atoms with E-state index >= 15 is 0 Å². The third-order valence-electron chi connectivity index (χ3n) is 2.66. The molecule has 0 spiro atoms. The van der Waals surface area contributed by atoms with Crippen molar-refractivity contribution in [2.45, 2.75) is 13.8 Å². The van der Waals surface area contributed by atoms with Crippen molar-refractivity contribution in [3.05, 3.63) is 18.2 Å². The summed E-state index contributed by atoms with van der Waals surface area (Å²) in [4.78, 5) is 22.9. The number of methoxy groups -OCH3 is 1. The summed E-state index contributed by atoms with van der Waals surface area (Å²) in [6.45, 7) is 3.32. The smallest absolute Gasteiger partial charge is 0.316 e. The maximum absolute atomic E-state index is 11.9. The number of hydrogen-bond donors (Lipinski definition) is 3. The molecule has 1 amide bonds. The maximum atomic E-state index is 11.9. The number of ether oxygens (including phenoxy) is 1. The van der Waals surface area contributed by atoms with Gasteiger partial charge in [0.25, 0.3) is 0 Å². The molecule has 0 bridgehead atoms. The van der Waals surface area contributed by atoms with E-state index in [-0.39, 0.29) is 17.4 Å². The zero-order chi connectivity index (χ0) is 14.6. The second kappa shape index (κ2) is 6.08. The minimum atomic E-state index is -1.17. The zero-order valence-corrected chi connectivity index (χ0v) is 11.0. The van der Waals surface area contributed by atoms with E-state index in [2.05, 4.69) is 5.32 Å². The standard InChI is InChI=1S/C13H17NO5/c1-7(2)11(13(17)18)12(16)14-8-4-5-9(15)10(6-8)19-3/h4-7,11,15H,1-3H3,(H,14,16)(H,17,18). The zero-order valence-electron chi connectivity index (χ0n) is 11.0. The van der Waals surface area contributed by atoms with Gasteiger partial charge in [-0.25, -0.2) is 0 Å². The fraction of sp³-hybridized carbons (Fsp3) is 0.385. The van der Waals surface area contributed by atoms with E-state index in [1.165, 1.54) is 25.3 Å². The van der Waals surface area contributed by atoms with E-state index in [0.29, 0.717) is 5.69 Å². The number of amides is 1. The predicted molar refractivity (Wildman–Crippen MR) is 69.3 cm³/mol. The van der Waals surface area contributed by atoms with Crippen molar-refractivity contribution in [3.8, 4) is 11.5 Å². The van der Waals surface area contributed by atoms with Crippen molar-refractivity contribution < 1.29 is 24.5 Å². The summed E-state index contributed by atoms with van der Waals surface area (Å²) in [7, 11) is 1.38. The van der Waals surface area contributed by atoms with Crippen LogP contribution in [-0.4, -0.2) is 29.2 Å². The first kappa shape index (κ1) is 14.8. The molecule has 19 heavy (non-hydrogen) atoms. The Hall–Kier alpha value is -2.24. The summed E-state index contributed by atoms with van der Waals surface area (Å²) >= 11 is 0. The van der Waals surface area contributed by atoms with Gasteiger partial charge in [-0.05, 0) is 18.1 Å². The van der Waals surface area contributed by atoms with Crippen LogP contribution in [0.4, 0.5) is 5.69 Å². The predicted octanol–water partition coefficient (Wildman–Crippen LogP) is 1.70. The molecule has 0 aliphatic heterocycles. The lowest BCUT2D eigenvalue weighted by molar-refractivity contribution is -0.147. The van der Waals surface area contributed by atoms with E-state index in [0.717, 1.165) is 0 Å². The third kappa shape index (κ3) is 3.61. The van der Waals surface area contributed by atoms with Crippen molar-refractivity contribution in [2.75, 3.05) is 12.4 Å². The van der Waals surface area contributed by atoms with Crippen LogP contribution in [0, 0.1) is 11.8 Å². The number of phenolic OH excluding ortho intramolecular Hbond substituents is 1. The van der Waals surface area contributed by atoms with E-state index in [9.17, 15) is 14.7 Å². The van der Waals surface area contributed by atoms with Crippen LogP contribution < -0.4 is 10.1 Å². The van der Waals surface area contributed by atoms with E-state index < -0.39 is 17.8 Å². The van der Waals surface area contributed by atoms with Crippen molar-refractivity contribution in [1.29, 1.82) is 0 Å². The normalized spacial score (nSPS) is 12.0. The van der Waals surface area contributed by atoms with Gasteiger partial charge in [0.15, 0.2) is 11.5 Å². The SMILES string of the molecule is COc1cc(NC(=O)C(C(=O)O)C(C)C)ccc1O. The molecule has 3 N–H and O–H groups in total. The van der Waals surface area contributed by atoms with Crippen LogP contribution in [0.2, 0.25) is 0 Å². The lowest BCUT2D eigenvalue weighted by Crippen LogP contribution is -2.33. The van der Waals surface area contributed by atoms with Crippen molar-refractivity contribution in [2.24, 2.45) is 11.8 Å². The van der Waals surface area contributed by atoms with E-state index in [4.69, 9.17) is 9.84 Å². The largest absolute Gasteiger partial charge is 0.504 e. The number of carboxylic acids is 1. The average molecular weight is 267 g/mol. The summed E-state index contributed by atoms with van der Waals surface area (Å²) < 4.78 is 4.90. The third-order valence-corrected chi connectivity index (χ3v) is 2.66. The number of phenols is 1. The first-order chi connectivity index (χ1) is 8.86. The minimum absolute atomic E-state index is 0.0563. The van der Waals surface area contributed by atoms with E-state index in [1.54, 1.807) is 13.8 Å². The number of rotatable bonds is 5. The molecule has 1 unspecified atom stereocenters. The Balaban J connectivity index is 2.90. The lowest BCUT2D eigenvalue weighted by atomic mass is 9.95. The van der Waals surface area contributed by atoms with Crippen molar-refractivity contribution in [1.82, 2.24) is 0 Å². The fourth-order valence-electron chi connectivity index (χ4n) is 1.68. The summed E-state index contributed by atoms with van der Waals surface area (Å²) in [5, 5.41) is 20.9. The highest BCUT2D eigenvalue weighted by atomic mass is 16.5. The Morgan fingerprint density at radius 1 is 1.32 bits per heavy atom. The Bertz CT molecular complexity index is 484. The fourth-order valence-corrected chi connectivity index (χ4v) is 1.68. The maximum Gasteiger partial charge on any atom is 0.316 e. The van der Waals surface area contributed by atoms with Gasteiger partial charge in [0.05, 0.1) is 7.11 Å². The molecule has 0 aliphatic rings. The van der Waals surface area contributed by atoms with Gasteiger partial charge < -0.3 is 20.3 Å². The molecule has 1 rings (SSSR count). The number of anilines is 1. The highest BCUT2D eigenvalue weighted by molar-refractivity contribution is 6.04.